The molecule has 0 fully saturated rings. The Morgan fingerprint density at radius 2 is 2.09 bits per heavy atom. The second-order valence-electron chi connectivity index (χ2n) is 3.90. The average molecular weight is 319 g/mol. The van der Waals surface area contributed by atoms with Crippen LogP contribution in [0.3, 0.4) is 0 Å². The van der Waals surface area contributed by atoms with Gasteiger partial charge in [-0.2, -0.15) is 5.26 Å². The van der Waals surface area contributed by atoms with Gasteiger partial charge in [0.1, 0.15) is 11.9 Å². The summed E-state index contributed by atoms with van der Waals surface area (Å²) < 4.78 is 26.7. The summed E-state index contributed by atoms with van der Waals surface area (Å²) in [5.74, 6) is -1.50. The van der Waals surface area contributed by atoms with E-state index >= 15 is 0 Å². The Morgan fingerprint density at radius 1 is 1.32 bits per heavy atom. The predicted molar refractivity (Wildman–Crippen MR) is 76.4 cm³/mol. The number of pyridine rings is 1. The largest absolute Gasteiger partial charge is 0.261 e. The molecule has 1 aromatic heterocycles. The van der Waals surface area contributed by atoms with E-state index in [1.54, 1.807) is 6.07 Å². The number of aliphatic imine (C=N–C) groups is 1. The van der Waals surface area contributed by atoms with Gasteiger partial charge in [-0.25, -0.2) is 8.78 Å². The highest BCUT2D eigenvalue weighted by atomic mass is 35.5. The van der Waals surface area contributed by atoms with Gasteiger partial charge in [0.25, 0.3) is 0 Å². The molecule has 0 aliphatic rings. The van der Waals surface area contributed by atoms with Crippen molar-refractivity contribution >= 4 is 29.2 Å². The van der Waals surface area contributed by atoms with Crippen molar-refractivity contribution in [2.45, 2.75) is 0 Å². The highest BCUT2D eigenvalue weighted by Gasteiger charge is 2.10. The molecule has 0 saturated heterocycles. The first-order chi connectivity index (χ1) is 10.6. The minimum absolute atomic E-state index is 0.0155. The van der Waals surface area contributed by atoms with Crippen molar-refractivity contribution < 1.29 is 8.78 Å². The molecule has 9 heteroatoms. The van der Waals surface area contributed by atoms with Gasteiger partial charge in [-0.3, -0.25) is 9.98 Å². The molecule has 2 aromatic rings. The quantitative estimate of drug-likeness (QED) is 0.358. The minimum Gasteiger partial charge on any atom is -0.261 e. The van der Waals surface area contributed by atoms with Crippen LogP contribution in [0.2, 0.25) is 5.02 Å². The van der Waals surface area contributed by atoms with Crippen molar-refractivity contribution in [1.82, 2.24) is 4.98 Å². The molecule has 1 aromatic carbocycles. The number of azide groups is 1. The van der Waals surface area contributed by atoms with Crippen molar-refractivity contribution in [1.29, 1.82) is 5.26 Å². The van der Waals surface area contributed by atoms with Crippen LogP contribution in [0.25, 0.3) is 10.4 Å². The van der Waals surface area contributed by atoms with Crippen LogP contribution in [0.15, 0.2) is 34.6 Å². The standard InChI is InChI=1S/C13H5ClF2N6/c14-10-2-9(15)1-7(3-17)12(10)20-5-8-4-19-6-11(16)13(8)21-22-18/h1-2,4-6H. The molecule has 2 rings (SSSR count). The van der Waals surface area contributed by atoms with Gasteiger partial charge < -0.3 is 0 Å². The van der Waals surface area contributed by atoms with Crippen LogP contribution in [-0.2, 0) is 0 Å². The minimum atomic E-state index is -0.826. The van der Waals surface area contributed by atoms with E-state index in [2.05, 4.69) is 20.0 Å². The topological polar surface area (TPSA) is 97.8 Å². The predicted octanol–water partition coefficient (Wildman–Crippen LogP) is 4.58. The highest BCUT2D eigenvalue weighted by Crippen LogP contribution is 2.30. The summed E-state index contributed by atoms with van der Waals surface area (Å²) in [7, 11) is 0. The Labute approximate surface area is 127 Å². The lowest BCUT2D eigenvalue weighted by Gasteiger charge is -2.03. The molecule has 0 atom stereocenters. The van der Waals surface area contributed by atoms with Crippen LogP contribution in [0.4, 0.5) is 20.2 Å². The van der Waals surface area contributed by atoms with Crippen molar-refractivity contribution in [3.63, 3.8) is 0 Å². The summed E-state index contributed by atoms with van der Waals surface area (Å²) in [4.78, 5) is 10.1. The third kappa shape index (κ3) is 3.17. The number of aromatic nitrogens is 1. The summed E-state index contributed by atoms with van der Waals surface area (Å²) in [5.41, 5.74) is 8.15. The van der Waals surface area contributed by atoms with E-state index in [-0.39, 0.29) is 27.5 Å². The molecule has 22 heavy (non-hydrogen) atoms. The number of hydrogen-bond acceptors (Lipinski definition) is 4. The lowest BCUT2D eigenvalue weighted by atomic mass is 10.2. The van der Waals surface area contributed by atoms with Gasteiger partial charge in [-0.15, -0.1) is 0 Å². The fourth-order valence-electron chi connectivity index (χ4n) is 1.60. The first kappa shape index (κ1) is 15.4. The van der Waals surface area contributed by atoms with Gasteiger partial charge in [0, 0.05) is 22.9 Å². The van der Waals surface area contributed by atoms with Crippen molar-refractivity contribution in [3.05, 3.63) is 62.8 Å². The second-order valence-corrected chi connectivity index (χ2v) is 4.31. The van der Waals surface area contributed by atoms with Gasteiger partial charge in [0.15, 0.2) is 5.82 Å². The van der Waals surface area contributed by atoms with Crippen molar-refractivity contribution in [2.75, 3.05) is 0 Å². The fraction of sp³-hybridized carbons (Fsp3) is 0. The number of hydrogen-bond donors (Lipinski definition) is 0. The summed E-state index contributed by atoms with van der Waals surface area (Å²) in [6.07, 6.45) is 3.23. The summed E-state index contributed by atoms with van der Waals surface area (Å²) >= 11 is 5.84. The lowest BCUT2D eigenvalue weighted by molar-refractivity contribution is 0.623. The first-order valence-corrected chi connectivity index (χ1v) is 6.06. The third-order valence-corrected chi connectivity index (χ3v) is 2.82. The maximum Gasteiger partial charge on any atom is 0.151 e. The molecule has 1 heterocycles. The molecule has 0 spiro atoms. The van der Waals surface area contributed by atoms with Crippen LogP contribution in [0, 0.1) is 23.0 Å². The molecule has 0 bridgehead atoms. The molecule has 0 radical (unpaired) electrons. The molecule has 0 unspecified atom stereocenters. The van der Waals surface area contributed by atoms with E-state index < -0.39 is 11.6 Å². The van der Waals surface area contributed by atoms with E-state index in [0.29, 0.717) is 0 Å². The summed E-state index contributed by atoms with van der Waals surface area (Å²) in [6, 6.07) is 3.72. The number of nitriles is 1. The smallest absolute Gasteiger partial charge is 0.151 e. The molecular weight excluding hydrogens is 314 g/mol. The number of halogens is 3. The van der Waals surface area contributed by atoms with E-state index in [1.165, 1.54) is 6.20 Å². The van der Waals surface area contributed by atoms with E-state index in [0.717, 1.165) is 24.5 Å². The van der Waals surface area contributed by atoms with Crippen LogP contribution in [-0.4, -0.2) is 11.2 Å². The van der Waals surface area contributed by atoms with Gasteiger partial charge in [0.05, 0.1) is 28.2 Å². The normalized spacial score (nSPS) is 10.3. The maximum absolute atomic E-state index is 13.5. The Hall–Kier alpha value is -3.01. The Bertz CT molecular complexity index is 852. The highest BCUT2D eigenvalue weighted by molar-refractivity contribution is 6.33. The fourth-order valence-corrected chi connectivity index (χ4v) is 1.86. The van der Waals surface area contributed by atoms with Crippen LogP contribution in [0.5, 0.6) is 0 Å². The van der Waals surface area contributed by atoms with Gasteiger partial charge >= 0.3 is 0 Å². The Kier molecular flexibility index (Phi) is 4.63. The molecule has 0 amide bonds. The van der Waals surface area contributed by atoms with Gasteiger partial charge in [0.2, 0.25) is 0 Å². The molecule has 0 N–H and O–H groups in total. The monoisotopic (exact) mass is 318 g/mol. The summed E-state index contributed by atoms with van der Waals surface area (Å²) in [5, 5.41) is 12.1. The zero-order chi connectivity index (χ0) is 16.1. The zero-order valence-corrected chi connectivity index (χ0v) is 11.5. The average Bonchev–Trinajstić information content (AvgIpc) is 2.48. The van der Waals surface area contributed by atoms with Gasteiger partial charge in [-0.1, -0.05) is 16.7 Å². The van der Waals surface area contributed by atoms with E-state index in [4.69, 9.17) is 22.4 Å². The lowest BCUT2D eigenvalue weighted by Crippen LogP contribution is -1.89. The molecule has 0 saturated carbocycles. The molecular formula is C13H5ClF2N6. The van der Waals surface area contributed by atoms with Gasteiger partial charge in [-0.05, 0) is 17.7 Å². The first-order valence-electron chi connectivity index (χ1n) is 5.68. The summed E-state index contributed by atoms with van der Waals surface area (Å²) in [6.45, 7) is 0. The zero-order valence-electron chi connectivity index (χ0n) is 10.7. The van der Waals surface area contributed by atoms with Crippen LogP contribution in [0.1, 0.15) is 11.1 Å². The maximum atomic E-state index is 13.5. The van der Waals surface area contributed by atoms with E-state index in [9.17, 15) is 8.78 Å². The molecule has 0 aliphatic carbocycles. The van der Waals surface area contributed by atoms with Crippen molar-refractivity contribution in [3.8, 4) is 6.07 Å². The SMILES string of the molecule is N#Cc1cc(F)cc(Cl)c1N=Cc1cncc(F)c1N=[N+]=[N-]. The Balaban J connectivity index is 2.53. The third-order valence-electron chi connectivity index (χ3n) is 2.53. The molecule has 6 nitrogen and oxygen atoms in total. The molecule has 108 valence electrons. The van der Waals surface area contributed by atoms with Crippen LogP contribution < -0.4 is 0 Å². The molecule has 0 aliphatic heterocycles. The van der Waals surface area contributed by atoms with E-state index in [1.807, 2.05) is 0 Å². The number of nitrogens with zero attached hydrogens (tertiary/aromatic N) is 6. The number of rotatable bonds is 3. The second kappa shape index (κ2) is 6.63. The van der Waals surface area contributed by atoms with Crippen LogP contribution >= 0.6 is 11.6 Å². The Morgan fingerprint density at radius 3 is 2.77 bits per heavy atom. The number of benzene rings is 1. The van der Waals surface area contributed by atoms with Crippen molar-refractivity contribution in [2.24, 2.45) is 10.1 Å².